The van der Waals surface area contributed by atoms with Crippen LogP contribution in [-0.4, -0.2) is 16.1 Å². The van der Waals surface area contributed by atoms with Gasteiger partial charge in [0.1, 0.15) is 0 Å². The molecule has 0 aliphatic heterocycles. The molecular formula is C11H8ClN3O3S. The monoisotopic (exact) mass is 297 g/mol. The van der Waals surface area contributed by atoms with Crippen LogP contribution in [0.4, 0.5) is 5.69 Å². The van der Waals surface area contributed by atoms with Crippen molar-refractivity contribution in [3.8, 4) is 0 Å². The summed E-state index contributed by atoms with van der Waals surface area (Å²) in [4.78, 5) is 19.9. The van der Waals surface area contributed by atoms with E-state index < -0.39 is 4.92 Å². The van der Waals surface area contributed by atoms with E-state index in [0.717, 1.165) is 4.88 Å². The molecule has 0 aliphatic carbocycles. The SMILES string of the molecule is O=[N+]([O-])c1cccc(/C=N\OCc2cnc(Cl)s2)c1. The number of oxime groups is 1. The van der Waals surface area contributed by atoms with E-state index in [-0.39, 0.29) is 12.3 Å². The van der Waals surface area contributed by atoms with Crippen LogP contribution < -0.4 is 0 Å². The summed E-state index contributed by atoms with van der Waals surface area (Å²) in [5.41, 5.74) is 0.606. The van der Waals surface area contributed by atoms with Crippen LogP contribution in [-0.2, 0) is 11.4 Å². The standard InChI is InChI=1S/C11H8ClN3O3S/c12-11-13-6-10(19-11)7-18-14-5-8-2-1-3-9(4-8)15(16)17/h1-6H,7H2/b14-5-. The minimum atomic E-state index is -0.461. The Kier molecular flexibility index (Phi) is 4.43. The highest BCUT2D eigenvalue weighted by molar-refractivity contribution is 7.15. The maximum atomic E-state index is 10.6. The summed E-state index contributed by atoms with van der Waals surface area (Å²) >= 11 is 6.97. The first-order chi connectivity index (χ1) is 9.15. The molecule has 1 aromatic carbocycles. The molecule has 0 N–H and O–H groups in total. The lowest BCUT2D eigenvalue weighted by Crippen LogP contribution is -1.90. The van der Waals surface area contributed by atoms with Crippen molar-refractivity contribution in [2.24, 2.45) is 5.16 Å². The second-order valence-electron chi connectivity index (χ2n) is 3.44. The van der Waals surface area contributed by atoms with E-state index in [2.05, 4.69) is 10.1 Å². The third-order valence-corrected chi connectivity index (χ3v) is 3.18. The average Bonchev–Trinajstić information content (AvgIpc) is 2.81. The van der Waals surface area contributed by atoms with E-state index in [1.54, 1.807) is 18.3 Å². The smallest absolute Gasteiger partial charge is 0.270 e. The first-order valence-corrected chi connectivity index (χ1v) is 6.34. The Morgan fingerprint density at radius 3 is 3.11 bits per heavy atom. The van der Waals surface area contributed by atoms with Gasteiger partial charge in [-0.05, 0) is 0 Å². The summed E-state index contributed by atoms with van der Waals surface area (Å²) in [7, 11) is 0. The predicted octanol–water partition coefficient (Wildman–Crippen LogP) is 3.26. The molecule has 0 saturated heterocycles. The van der Waals surface area contributed by atoms with Gasteiger partial charge in [-0.3, -0.25) is 10.1 Å². The van der Waals surface area contributed by atoms with Gasteiger partial charge in [-0.1, -0.05) is 28.9 Å². The molecule has 0 amide bonds. The van der Waals surface area contributed by atoms with Crippen molar-refractivity contribution in [2.75, 3.05) is 0 Å². The number of nitro groups is 1. The number of non-ortho nitro benzene ring substituents is 1. The molecule has 98 valence electrons. The van der Waals surface area contributed by atoms with E-state index in [1.165, 1.54) is 29.7 Å². The maximum Gasteiger partial charge on any atom is 0.270 e. The molecule has 1 aromatic heterocycles. The van der Waals surface area contributed by atoms with E-state index in [9.17, 15) is 10.1 Å². The number of halogens is 1. The molecule has 0 radical (unpaired) electrons. The van der Waals surface area contributed by atoms with Gasteiger partial charge in [0, 0.05) is 23.9 Å². The van der Waals surface area contributed by atoms with Crippen LogP contribution in [0.3, 0.4) is 0 Å². The molecule has 0 fully saturated rings. The second-order valence-corrected chi connectivity index (χ2v) is 5.14. The van der Waals surface area contributed by atoms with Crippen molar-refractivity contribution in [2.45, 2.75) is 6.61 Å². The molecule has 2 rings (SSSR count). The molecule has 0 saturated carbocycles. The Bertz CT molecular complexity index is 615. The topological polar surface area (TPSA) is 77.6 Å². The quantitative estimate of drug-likeness (QED) is 0.482. The van der Waals surface area contributed by atoms with Crippen LogP contribution in [0.2, 0.25) is 4.47 Å². The van der Waals surface area contributed by atoms with E-state index >= 15 is 0 Å². The molecule has 0 bridgehead atoms. The molecular weight excluding hydrogens is 290 g/mol. The minimum absolute atomic E-state index is 0.0122. The van der Waals surface area contributed by atoms with Gasteiger partial charge >= 0.3 is 0 Å². The average molecular weight is 298 g/mol. The van der Waals surface area contributed by atoms with Crippen molar-refractivity contribution >= 4 is 34.8 Å². The number of benzene rings is 1. The number of thiazole rings is 1. The van der Waals surface area contributed by atoms with Gasteiger partial charge in [-0.25, -0.2) is 4.98 Å². The van der Waals surface area contributed by atoms with Crippen molar-refractivity contribution in [3.63, 3.8) is 0 Å². The van der Waals surface area contributed by atoms with Gasteiger partial charge in [-0.2, -0.15) is 0 Å². The van der Waals surface area contributed by atoms with E-state index in [1.807, 2.05) is 0 Å². The van der Waals surface area contributed by atoms with Crippen LogP contribution in [0.15, 0.2) is 35.6 Å². The fourth-order valence-corrected chi connectivity index (χ4v) is 2.15. The molecule has 0 atom stereocenters. The molecule has 6 nitrogen and oxygen atoms in total. The number of rotatable bonds is 5. The Morgan fingerprint density at radius 1 is 1.58 bits per heavy atom. The third-order valence-electron chi connectivity index (χ3n) is 2.09. The first kappa shape index (κ1) is 13.4. The van der Waals surface area contributed by atoms with Crippen LogP contribution in [0.5, 0.6) is 0 Å². The van der Waals surface area contributed by atoms with Gasteiger partial charge in [0.05, 0.1) is 16.0 Å². The largest absolute Gasteiger partial charge is 0.390 e. The zero-order chi connectivity index (χ0) is 13.7. The number of aromatic nitrogens is 1. The summed E-state index contributed by atoms with van der Waals surface area (Å²) in [6, 6.07) is 6.11. The normalized spacial score (nSPS) is 10.8. The van der Waals surface area contributed by atoms with E-state index in [4.69, 9.17) is 16.4 Å². The Morgan fingerprint density at radius 2 is 2.42 bits per heavy atom. The predicted molar refractivity (Wildman–Crippen MR) is 72.6 cm³/mol. The number of hydrogen-bond acceptors (Lipinski definition) is 6. The highest BCUT2D eigenvalue weighted by Crippen LogP contribution is 2.18. The molecule has 8 heteroatoms. The van der Waals surface area contributed by atoms with Crippen molar-refractivity contribution in [3.05, 3.63) is 55.5 Å². The third kappa shape index (κ3) is 4.01. The number of hydrogen-bond donors (Lipinski definition) is 0. The molecule has 19 heavy (non-hydrogen) atoms. The summed E-state index contributed by atoms with van der Waals surface area (Å²) in [5.74, 6) is 0. The van der Waals surface area contributed by atoms with Gasteiger partial charge < -0.3 is 4.84 Å². The van der Waals surface area contributed by atoms with Crippen molar-refractivity contribution in [1.29, 1.82) is 0 Å². The fraction of sp³-hybridized carbons (Fsp3) is 0.0909. The van der Waals surface area contributed by atoms with Crippen LogP contribution >= 0.6 is 22.9 Å². The summed E-state index contributed by atoms with van der Waals surface area (Å²) in [6.45, 7) is 0.260. The molecule has 2 aromatic rings. The summed E-state index contributed by atoms with van der Waals surface area (Å²) in [5, 5.41) is 14.3. The van der Waals surface area contributed by atoms with E-state index in [0.29, 0.717) is 10.0 Å². The highest BCUT2D eigenvalue weighted by atomic mass is 35.5. The minimum Gasteiger partial charge on any atom is -0.390 e. The second kappa shape index (κ2) is 6.26. The highest BCUT2D eigenvalue weighted by Gasteiger charge is 2.04. The lowest BCUT2D eigenvalue weighted by atomic mass is 10.2. The fourth-order valence-electron chi connectivity index (χ4n) is 1.27. The zero-order valence-electron chi connectivity index (χ0n) is 9.52. The van der Waals surface area contributed by atoms with Crippen molar-refractivity contribution in [1.82, 2.24) is 4.98 Å². The molecule has 0 unspecified atom stereocenters. The molecule has 0 spiro atoms. The van der Waals surface area contributed by atoms with Crippen LogP contribution in [0, 0.1) is 10.1 Å². The zero-order valence-corrected chi connectivity index (χ0v) is 11.1. The van der Waals surface area contributed by atoms with Gasteiger partial charge in [0.25, 0.3) is 5.69 Å². The maximum absolute atomic E-state index is 10.6. The van der Waals surface area contributed by atoms with Crippen LogP contribution in [0.1, 0.15) is 10.4 Å². The lowest BCUT2D eigenvalue weighted by molar-refractivity contribution is -0.384. The summed E-state index contributed by atoms with van der Waals surface area (Å²) < 4.78 is 0.446. The Labute approximate surface area is 117 Å². The number of nitro benzene ring substituents is 1. The lowest BCUT2D eigenvalue weighted by Gasteiger charge is -1.95. The Hall–Kier alpha value is -1.99. The first-order valence-electron chi connectivity index (χ1n) is 5.15. The Balaban J connectivity index is 1.92. The van der Waals surface area contributed by atoms with Gasteiger partial charge in [-0.15, -0.1) is 11.3 Å². The summed E-state index contributed by atoms with van der Waals surface area (Å²) in [6.07, 6.45) is 3.02. The molecule has 0 aliphatic rings. The van der Waals surface area contributed by atoms with Crippen LogP contribution in [0.25, 0.3) is 0 Å². The van der Waals surface area contributed by atoms with Gasteiger partial charge in [0.15, 0.2) is 11.1 Å². The molecule has 1 heterocycles. The van der Waals surface area contributed by atoms with Gasteiger partial charge in [0.2, 0.25) is 0 Å². The number of nitrogens with zero attached hydrogens (tertiary/aromatic N) is 3. The van der Waals surface area contributed by atoms with Crippen molar-refractivity contribution < 1.29 is 9.76 Å².